The number of amides is 1. The van der Waals surface area contributed by atoms with Crippen molar-refractivity contribution >= 4 is 11.6 Å². The smallest absolute Gasteiger partial charge is 0.262 e. The van der Waals surface area contributed by atoms with E-state index in [0.29, 0.717) is 18.2 Å². The summed E-state index contributed by atoms with van der Waals surface area (Å²) in [7, 11) is 0. The van der Waals surface area contributed by atoms with Crippen molar-refractivity contribution in [1.29, 1.82) is 0 Å². The lowest BCUT2D eigenvalue weighted by molar-refractivity contribution is -0.118. The second-order valence-corrected chi connectivity index (χ2v) is 7.64. The van der Waals surface area contributed by atoms with Crippen LogP contribution < -0.4 is 14.8 Å². The van der Waals surface area contributed by atoms with Crippen molar-refractivity contribution in [1.82, 2.24) is 0 Å². The number of carbonyl (C=O) groups is 1. The number of benzene rings is 3. The summed E-state index contributed by atoms with van der Waals surface area (Å²) in [4.78, 5) is 12.3. The van der Waals surface area contributed by atoms with Gasteiger partial charge in [-0.05, 0) is 59.9 Å². The molecule has 0 bridgehead atoms. The van der Waals surface area contributed by atoms with Gasteiger partial charge in [0.1, 0.15) is 11.5 Å². The zero-order valence-electron chi connectivity index (χ0n) is 17.9. The van der Waals surface area contributed by atoms with Gasteiger partial charge in [-0.1, -0.05) is 56.3 Å². The quantitative estimate of drug-likeness (QED) is 0.494. The third-order valence-electron chi connectivity index (χ3n) is 4.79. The van der Waals surface area contributed by atoms with Crippen LogP contribution in [0.4, 0.5) is 5.69 Å². The molecule has 0 unspecified atom stereocenters. The maximum absolute atomic E-state index is 12.3. The maximum Gasteiger partial charge on any atom is 0.262 e. The van der Waals surface area contributed by atoms with Crippen LogP contribution in [0.2, 0.25) is 0 Å². The monoisotopic (exact) mass is 403 g/mol. The third-order valence-corrected chi connectivity index (χ3v) is 4.79. The zero-order chi connectivity index (χ0) is 21.3. The summed E-state index contributed by atoms with van der Waals surface area (Å²) in [5, 5.41) is 2.87. The summed E-state index contributed by atoms with van der Waals surface area (Å²) in [6.07, 6.45) is 0.855. The molecule has 0 saturated carbocycles. The summed E-state index contributed by atoms with van der Waals surface area (Å²) in [6.45, 7) is 6.82. The third kappa shape index (κ3) is 6.38. The number of nitrogens with one attached hydrogen (secondary N) is 1. The fourth-order valence-corrected chi connectivity index (χ4v) is 3.15. The molecule has 3 aromatic carbocycles. The second kappa shape index (κ2) is 10.5. The molecule has 1 N–H and O–H groups in total. The Hall–Kier alpha value is -3.27. The van der Waals surface area contributed by atoms with E-state index in [4.69, 9.17) is 9.47 Å². The fourth-order valence-electron chi connectivity index (χ4n) is 3.15. The van der Waals surface area contributed by atoms with E-state index >= 15 is 0 Å². The molecule has 0 fully saturated rings. The molecular weight excluding hydrogens is 374 g/mol. The SMILES string of the molecule is Cc1ccc(C(C)C)c(OCC(=O)Nc2ccc(OCCc3ccccc3)cc2)c1. The minimum atomic E-state index is -0.191. The molecule has 156 valence electrons. The maximum atomic E-state index is 12.3. The van der Waals surface area contributed by atoms with Gasteiger partial charge in [0.15, 0.2) is 6.61 Å². The standard InChI is InChI=1S/C26H29NO3/c1-19(2)24-14-9-20(3)17-25(24)30-18-26(28)27-22-10-12-23(13-11-22)29-16-15-21-7-5-4-6-8-21/h4-14,17,19H,15-16,18H2,1-3H3,(H,27,28). The normalized spacial score (nSPS) is 10.7. The Balaban J connectivity index is 1.47. The molecule has 4 heteroatoms. The van der Waals surface area contributed by atoms with Gasteiger partial charge in [-0.15, -0.1) is 0 Å². The van der Waals surface area contributed by atoms with Gasteiger partial charge in [0.25, 0.3) is 5.91 Å². The highest BCUT2D eigenvalue weighted by Crippen LogP contribution is 2.27. The predicted octanol–water partition coefficient (Wildman–Crippen LogP) is 5.76. The second-order valence-electron chi connectivity index (χ2n) is 7.64. The summed E-state index contributed by atoms with van der Waals surface area (Å²) in [5.41, 5.74) is 4.17. The first-order valence-corrected chi connectivity index (χ1v) is 10.3. The fraction of sp³-hybridized carbons (Fsp3) is 0.269. The van der Waals surface area contributed by atoms with E-state index in [1.165, 1.54) is 5.56 Å². The number of aryl methyl sites for hydroxylation is 1. The summed E-state index contributed by atoms with van der Waals surface area (Å²) in [6, 6.07) is 23.7. The molecule has 30 heavy (non-hydrogen) atoms. The predicted molar refractivity (Wildman–Crippen MR) is 121 cm³/mol. The molecule has 4 nitrogen and oxygen atoms in total. The number of carbonyl (C=O) groups excluding carboxylic acids is 1. The zero-order valence-corrected chi connectivity index (χ0v) is 17.9. The summed E-state index contributed by atoms with van der Waals surface area (Å²) in [5.74, 6) is 1.69. The molecule has 0 heterocycles. The molecule has 3 rings (SSSR count). The first kappa shape index (κ1) is 21.4. The lowest BCUT2D eigenvalue weighted by Gasteiger charge is -2.15. The van der Waals surface area contributed by atoms with Gasteiger partial charge < -0.3 is 14.8 Å². The van der Waals surface area contributed by atoms with Gasteiger partial charge in [0.2, 0.25) is 0 Å². The Morgan fingerprint density at radius 2 is 1.67 bits per heavy atom. The highest BCUT2D eigenvalue weighted by molar-refractivity contribution is 5.91. The largest absolute Gasteiger partial charge is 0.493 e. The Morgan fingerprint density at radius 3 is 2.37 bits per heavy atom. The molecule has 0 aliphatic heterocycles. The molecule has 0 aromatic heterocycles. The van der Waals surface area contributed by atoms with Crippen molar-refractivity contribution in [2.45, 2.75) is 33.1 Å². The lowest BCUT2D eigenvalue weighted by Crippen LogP contribution is -2.20. The molecule has 0 aliphatic carbocycles. The summed E-state index contributed by atoms with van der Waals surface area (Å²) < 4.78 is 11.6. The lowest BCUT2D eigenvalue weighted by atomic mass is 10.0. The molecule has 0 aliphatic rings. The molecule has 0 atom stereocenters. The van der Waals surface area contributed by atoms with E-state index in [-0.39, 0.29) is 12.5 Å². The molecular formula is C26H29NO3. The first-order valence-electron chi connectivity index (χ1n) is 10.3. The van der Waals surface area contributed by atoms with Gasteiger partial charge in [0.05, 0.1) is 6.61 Å². The van der Waals surface area contributed by atoms with Crippen LogP contribution in [0.1, 0.15) is 36.5 Å². The van der Waals surface area contributed by atoms with E-state index in [2.05, 4.69) is 43.4 Å². The number of hydrogen-bond acceptors (Lipinski definition) is 3. The Bertz CT molecular complexity index is 950. The number of anilines is 1. The van der Waals surface area contributed by atoms with Crippen molar-refractivity contribution in [2.75, 3.05) is 18.5 Å². The Kier molecular flexibility index (Phi) is 7.50. The highest BCUT2D eigenvalue weighted by Gasteiger charge is 2.10. The van der Waals surface area contributed by atoms with E-state index < -0.39 is 0 Å². The molecule has 0 spiro atoms. The van der Waals surface area contributed by atoms with Crippen molar-refractivity contribution in [3.63, 3.8) is 0 Å². The van der Waals surface area contributed by atoms with Crippen LogP contribution in [0.3, 0.4) is 0 Å². The average Bonchev–Trinajstić information content (AvgIpc) is 2.74. The number of rotatable bonds is 9. The van der Waals surface area contributed by atoms with E-state index in [0.717, 1.165) is 29.0 Å². The Morgan fingerprint density at radius 1 is 0.933 bits per heavy atom. The van der Waals surface area contributed by atoms with Gasteiger partial charge in [0, 0.05) is 12.1 Å². The van der Waals surface area contributed by atoms with Crippen LogP contribution in [-0.4, -0.2) is 19.1 Å². The molecule has 3 aromatic rings. The van der Waals surface area contributed by atoms with Crippen LogP contribution in [0.15, 0.2) is 72.8 Å². The topological polar surface area (TPSA) is 47.6 Å². The van der Waals surface area contributed by atoms with Crippen molar-refractivity contribution in [2.24, 2.45) is 0 Å². The molecule has 0 radical (unpaired) electrons. The van der Waals surface area contributed by atoms with Crippen LogP contribution >= 0.6 is 0 Å². The van der Waals surface area contributed by atoms with E-state index in [1.807, 2.05) is 55.5 Å². The van der Waals surface area contributed by atoms with Crippen molar-refractivity contribution in [3.05, 3.63) is 89.5 Å². The van der Waals surface area contributed by atoms with E-state index in [1.54, 1.807) is 0 Å². The highest BCUT2D eigenvalue weighted by atomic mass is 16.5. The first-order chi connectivity index (χ1) is 14.5. The van der Waals surface area contributed by atoms with Gasteiger partial charge in [-0.3, -0.25) is 4.79 Å². The van der Waals surface area contributed by atoms with Gasteiger partial charge in [-0.2, -0.15) is 0 Å². The van der Waals surface area contributed by atoms with Crippen molar-refractivity contribution < 1.29 is 14.3 Å². The van der Waals surface area contributed by atoms with Gasteiger partial charge in [-0.25, -0.2) is 0 Å². The van der Waals surface area contributed by atoms with E-state index in [9.17, 15) is 4.79 Å². The minimum absolute atomic E-state index is 0.0293. The van der Waals surface area contributed by atoms with Crippen LogP contribution in [-0.2, 0) is 11.2 Å². The number of ether oxygens (including phenoxy) is 2. The average molecular weight is 404 g/mol. The summed E-state index contributed by atoms with van der Waals surface area (Å²) >= 11 is 0. The molecule has 1 amide bonds. The Labute approximate surface area is 178 Å². The minimum Gasteiger partial charge on any atom is -0.493 e. The van der Waals surface area contributed by atoms with Crippen LogP contribution in [0, 0.1) is 6.92 Å². The van der Waals surface area contributed by atoms with Crippen LogP contribution in [0.5, 0.6) is 11.5 Å². The van der Waals surface area contributed by atoms with Crippen LogP contribution in [0.25, 0.3) is 0 Å². The van der Waals surface area contributed by atoms with Crippen molar-refractivity contribution in [3.8, 4) is 11.5 Å². The van der Waals surface area contributed by atoms with Gasteiger partial charge >= 0.3 is 0 Å². The molecule has 0 saturated heterocycles. The number of hydrogen-bond donors (Lipinski definition) is 1.